The van der Waals surface area contributed by atoms with Crippen LogP contribution in [0, 0.1) is 4.64 Å². The number of aromatic nitrogens is 1. The molecule has 0 saturated carbocycles. The standard InChI is InChI=1S/C9H9NO2S/c1-2-6-12-9(11)7-4-3-5-10-8(7)13/h2-5H,1,6H2,(H,10,13). The molecule has 0 bridgehead atoms. The molecule has 0 atom stereocenters. The van der Waals surface area contributed by atoms with Crippen LogP contribution in [-0.4, -0.2) is 17.6 Å². The third-order valence-corrected chi connectivity index (χ3v) is 1.71. The van der Waals surface area contributed by atoms with Gasteiger partial charge in [-0.3, -0.25) is 0 Å². The molecule has 0 aliphatic carbocycles. The van der Waals surface area contributed by atoms with E-state index in [1.54, 1.807) is 18.3 Å². The van der Waals surface area contributed by atoms with E-state index < -0.39 is 5.97 Å². The van der Waals surface area contributed by atoms with E-state index in [0.29, 0.717) is 10.2 Å². The van der Waals surface area contributed by atoms with Gasteiger partial charge in [-0.05, 0) is 12.1 Å². The molecule has 0 aliphatic heterocycles. The van der Waals surface area contributed by atoms with Gasteiger partial charge in [0.15, 0.2) is 0 Å². The third kappa shape index (κ3) is 2.52. The number of carbonyl (C=O) groups is 1. The van der Waals surface area contributed by atoms with Gasteiger partial charge < -0.3 is 9.72 Å². The van der Waals surface area contributed by atoms with Crippen molar-refractivity contribution in [2.45, 2.75) is 0 Å². The van der Waals surface area contributed by atoms with Crippen LogP contribution in [-0.2, 0) is 4.74 Å². The SMILES string of the molecule is C=CCOC(=O)c1ccc[nH]c1=S. The lowest BCUT2D eigenvalue weighted by atomic mass is 10.3. The van der Waals surface area contributed by atoms with E-state index in [-0.39, 0.29) is 6.61 Å². The number of pyridine rings is 1. The average molecular weight is 195 g/mol. The molecule has 0 spiro atoms. The normalized spacial score (nSPS) is 9.23. The first-order valence-electron chi connectivity index (χ1n) is 3.71. The Morgan fingerprint density at radius 1 is 1.77 bits per heavy atom. The lowest BCUT2D eigenvalue weighted by Crippen LogP contribution is -2.06. The maximum Gasteiger partial charge on any atom is 0.341 e. The summed E-state index contributed by atoms with van der Waals surface area (Å²) in [6.07, 6.45) is 3.17. The number of esters is 1. The Bertz CT molecular complexity index is 370. The maximum atomic E-state index is 11.3. The van der Waals surface area contributed by atoms with E-state index in [2.05, 4.69) is 11.6 Å². The minimum Gasteiger partial charge on any atom is -0.458 e. The number of hydrogen-bond donors (Lipinski definition) is 1. The highest BCUT2D eigenvalue weighted by molar-refractivity contribution is 7.71. The van der Waals surface area contributed by atoms with E-state index in [1.165, 1.54) is 6.08 Å². The van der Waals surface area contributed by atoms with Crippen molar-refractivity contribution in [2.75, 3.05) is 6.61 Å². The highest BCUT2D eigenvalue weighted by Crippen LogP contribution is 2.01. The number of carbonyl (C=O) groups excluding carboxylic acids is 1. The summed E-state index contributed by atoms with van der Waals surface area (Å²) in [5.41, 5.74) is 0.374. The van der Waals surface area contributed by atoms with Gasteiger partial charge in [-0.1, -0.05) is 24.9 Å². The second kappa shape index (κ2) is 4.57. The molecule has 0 amide bonds. The van der Waals surface area contributed by atoms with E-state index in [4.69, 9.17) is 17.0 Å². The van der Waals surface area contributed by atoms with Gasteiger partial charge in [0.2, 0.25) is 0 Å². The van der Waals surface area contributed by atoms with Crippen LogP contribution in [0.5, 0.6) is 0 Å². The van der Waals surface area contributed by atoms with Gasteiger partial charge in [-0.2, -0.15) is 0 Å². The zero-order valence-electron chi connectivity index (χ0n) is 6.95. The third-order valence-electron chi connectivity index (χ3n) is 1.37. The first-order chi connectivity index (χ1) is 6.25. The monoisotopic (exact) mass is 195 g/mol. The first kappa shape index (κ1) is 9.67. The van der Waals surface area contributed by atoms with Crippen molar-refractivity contribution in [3.63, 3.8) is 0 Å². The Balaban J connectivity index is 2.83. The van der Waals surface area contributed by atoms with E-state index in [1.807, 2.05) is 0 Å². The minimum absolute atomic E-state index is 0.197. The fourth-order valence-corrected chi connectivity index (χ4v) is 1.01. The van der Waals surface area contributed by atoms with Gasteiger partial charge in [0, 0.05) is 6.20 Å². The van der Waals surface area contributed by atoms with Crippen molar-refractivity contribution in [2.24, 2.45) is 0 Å². The molecule has 0 unspecified atom stereocenters. The minimum atomic E-state index is -0.429. The summed E-state index contributed by atoms with van der Waals surface area (Å²) in [5, 5.41) is 0. The molecule has 4 heteroatoms. The summed E-state index contributed by atoms with van der Waals surface area (Å²) in [5.74, 6) is -0.429. The van der Waals surface area contributed by atoms with Gasteiger partial charge in [0.05, 0.1) is 5.56 Å². The Morgan fingerprint density at radius 3 is 3.15 bits per heavy atom. The molecular weight excluding hydrogens is 186 g/mol. The topological polar surface area (TPSA) is 42.1 Å². The number of H-pyrrole nitrogens is 1. The van der Waals surface area contributed by atoms with E-state index >= 15 is 0 Å². The van der Waals surface area contributed by atoms with Crippen LogP contribution in [0.4, 0.5) is 0 Å². The first-order valence-corrected chi connectivity index (χ1v) is 4.12. The van der Waals surface area contributed by atoms with Crippen molar-refractivity contribution in [3.8, 4) is 0 Å². The summed E-state index contributed by atoms with van der Waals surface area (Å²) in [6.45, 7) is 3.63. The number of ether oxygens (including phenoxy) is 1. The lowest BCUT2D eigenvalue weighted by Gasteiger charge is -2.00. The Morgan fingerprint density at radius 2 is 2.54 bits per heavy atom. The second-order valence-corrected chi connectivity index (χ2v) is 2.71. The van der Waals surface area contributed by atoms with Crippen molar-refractivity contribution in [1.29, 1.82) is 0 Å². The van der Waals surface area contributed by atoms with Crippen LogP contribution in [0.2, 0.25) is 0 Å². The van der Waals surface area contributed by atoms with Gasteiger partial charge >= 0.3 is 5.97 Å². The highest BCUT2D eigenvalue weighted by atomic mass is 32.1. The molecule has 1 N–H and O–H groups in total. The highest BCUT2D eigenvalue weighted by Gasteiger charge is 2.06. The zero-order valence-corrected chi connectivity index (χ0v) is 7.76. The molecule has 1 heterocycles. The van der Waals surface area contributed by atoms with Crippen LogP contribution >= 0.6 is 12.2 Å². The van der Waals surface area contributed by atoms with Gasteiger partial charge in [-0.25, -0.2) is 4.79 Å². The summed E-state index contributed by atoms with van der Waals surface area (Å²) >= 11 is 4.90. The van der Waals surface area contributed by atoms with Crippen LogP contribution in [0.1, 0.15) is 10.4 Å². The largest absolute Gasteiger partial charge is 0.458 e. The molecule has 0 saturated heterocycles. The number of rotatable bonds is 3. The summed E-state index contributed by atoms with van der Waals surface area (Å²) in [6, 6.07) is 3.31. The molecule has 0 aliphatic rings. The Labute approximate surface area is 81.1 Å². The van der Waals surface area contributed by atoms with Crippen LogP contribution in [0.25, 0.3) is 0 Å². The molecule has 0 aromatic carbocycles. The molecule has 0 fully saturated rings. The quantitative estimate of drug-likeness (QED) is 0.456. The van der Waals surface area contributed by atoms with Gasteiger partial charge in [-0.15, -0.1) is 0 Å². The Kier molecular flexibility index (Phi) is 3.40. The molecular formula is C9H9NO2S. The van der Waals surface area contributed by atoms with Crippen molar-refractivity contribution >= 4 is 18.2 Å². The van der Waals surface area contributed by atoms with Crippen LogP contribution in [0.15, 0.2) is 31.0 Å². The van der Waals surface area contributed by atoms with E-state index in [9.17, 15) is 4.79 Å². The summed E-state index contributed by atoms with van der Waals surface area (Å²) < 4.78 is 5.20. The number of hydrogen-bond acceptors (Lipinski definition) is 3. The fourth-order valence-electron chi connectivity index (χ4n) is 0.795. The van der Waals surface area contributed by atoms with Gasteiger partial charge in [0.1, 0.15) is 11.2 Å². The molecule has 13 heavy (non-hydrogen) atoms. The van der Waals surface area contributed by atoms with Crippen molar-refractivity contribution < 1.29 is 9.53 Å². The van der Waals surface area contributed by atoms with E-state index in [0.717, 1.165) is 0 Å². The molecule has 1 aromatic rings. The summed E-state index contributed by atoms with van der Waals surface area (Å²) in [7, 11) is 0. The molecule has 1 rings (SSSR count). The predicted octanol–water partition coefficient (Wildman–Crippen LogP) is 2.09. The molecule has 1 aromatic heterocycles. The zero-order chi connectivity index (χ0) is 9.68. The predicted molar refractivity (Wildman–Crippen MR) is 52.1 cm³/mol. The molecule has 3 nitrogen and oxygen atoms in total. The van der Waals surface area contributed by atoms with Crippen LogP contribution < -0.4 is 0 Å². The second-order valence-electron chi connectivity index (χ2n) is 2.30. The van der Waals surface area contributed by atoms with Crippen molar-refractivity contribution in [3.05, 3.63) is 41.2 Å². The smallest absolute Gasteiger partial charge is 0.341 e. The Hall–Kier alpha value is -1.42. The van der Waals surface area contributed by atoms with Crippen molar-refractivity contribution in [1.82, 2.24) is 4.98 Å². The van der Waals surface area contributed by atoms with Gasteiger partial charge in [0.25, 0.3) is 0 Å². The number of nitrogens with one attached hydrogen (secondary N) is 1. The van der Waals surface area contributed by atoms with Crippen LogP contribution in [0.3, 0.4) is 0 Å². The molecule has 68 valence electrons. The molecule has 0 radical (unpaired) electrons. The summed E-state index contributed by atoms with van der Waals surface area (Å²) in [4.78, 5) is 14.0. The lowest BCUT2D eigenvalue weighted by molar-refractivity contribution is 0.0548. The fraction of sp³-hybridized carbons (Fsp3) is 0.111. The maximum absolute atomic E-state index is 11.3. The number of aromatic amines is 1. The average Bonchev–Trinajstić information content (AvgIpc) is 2.15.